The van der Waals surface area contributed by atoms with E-state index in [1.807, 2.05) is 4.90 Å². The summed E-state index contributed by atoms with van der Waals surface area (Å²) in [6, 6.07) is 3.22. The summed E-state index contributed by atoms with van der Waals surface area (Å²) in [5, 5.41) is 11.7. The molecule has 110 valence electrons. The molecule has 1 aromatic rings. The van der Waals surface area contributed by atoms with E-state index in [-0.39, 0.29) is 17.8 Å². The van der Waals surface area contributed by atoms with Gasteiger partial charge in [-0.05, 0) is 36.7 Å². The third-order valence-corrected chi connectivity index (χ3v) is 4.37. The Morgan fingerprint density at radius 3 is 2.70 bits per heavy atom. The maximum atomic E-state index is 12.6. The minimum absolute atomic E-state index is 0.0533. The van der Waals surface area contributed by atoms with Crippen molar-refractivity contribution in [3.05, 3.63) is 27.9 Å². The first kappa shape index (κ1) is 15.0. The Labute approximate surface area is 126 Å². The molecular weight excluding hydrogens is 326 g/mol. The number of nitro groups is 1. The molecule has 1 heterocycles. The first-order chi connectivity index (χ1) is 9.56. The van der Waals surface area contributed by atoms with Crippen LogP contribution in [-0.2, 0) is 7.05 Å². The molecule has 0 unspecified atom stereocenters. The minimum atomic E-state index is -0.469. The zero-order valence-corrected chi connectivity index (χ0v) is 13.0. The molecule has 1 amide bonds. The van der Waals surface area contributed by atoms with Crippen molar-refractivity contribution < 1.29 is 9.72 Å². The van der Waals surface area contributed by atoms with E-state index in [9.17, 15) is 14.9 Å². The molecule has 20 heavy (non-hydrogen) atoms. The third-order valence-electron chi connectivity index (χ3n) is 3.81. The van der Waals surface area contributed by atoms with Crippen LogP contribution in [0.5, 0.6) is 0 Å². The molecule has 1 saturated carbocycles. The van der Waals surface area contributed by atoms with Crippen LogP contribution in [-0.4, -0.2) is 38.2 Å². The molecule has 0 N–H and O–H groups in total. The lowest BCUT2D eigenvalue weighted by Crippen LogP contribution is -2.45. The van der Waals surface area contributed by atoms with Gasteiger partial charge in [0.25, 0.3) is 5.91 Å². The Morgan fingerprint density at radius 2 is 2.25 bits per heavy atom. The smallest absolute Gasteiger partial charge is 0.323 e. The van der Waals surface area contributed by atoms with Crippen LogP contribution >= 0.6 is 15.9 Å². The van der Waals surface area contributed by atoms with Gasteiger partial charge in [-0.15, -0.1) is 0 Å². The zero-order chi connectivity index (χ0) is 14.7. The van der Waals surface area contributed by atoms with E-state index < -0.39 is 4.92 Å². The third kappa shape index (κ3) is 2.87. The highest BCUT2D eigenvalue weighted by atomic mass is 79.9. The fourth-order valence-corrected chi connectivity index (χ4v) is 2.67. The summed E-state index contributed by atoms with van der Waals surface area (Å²) >= 11 is 3.38. The topological polar surface area (TPSA) is 68.4 Å². The lowest BCUT2D eigenvalue weighted by molar-refractivity contribution is -0.391. The van der Waals surface area contributed by atoms with E-state index in [4.69, 9.17) is 0 Å². The lowest BCUT2D eigenvalue weighted by Gasteiger charge is -2.37. The second-order valence-electron chi connectivity index (χ2n) is 5.02. The van der Waals surface area contributed by atoms with Crippen LogP contribution in [0.4, 0.5) is 5.82 Å². The van der Waals surface area contributed by atoms with Crippen molar-refractivity contribution in [2.75, 3.05) is 11.9 Å². The normalized spacial score (nSPS) is 14.9. The van der Waals surface area contributed by atoms with Crippen molar-refractivity contribution in [3.63, 3.8) is 0 Å². The Morgan fingerprint density at radius 1 is 1.55 bits per heavy atom. The van der Waals surface area contributed by atoms with Gasteiger partial charge in [0.2, 0.25) is 0 Å². The molecule has 0 aromatic carbocycles. The first-order valence-corrected chi connectivity index (χ1v) is 7.85. The van der Waals surface area contributed by atoms with Crippen LogP contribution in [0.1, 0.15) is 36.2 Å². The molecule has 7 heteroatoms. The predicted octanol–water partition coefficient (Wildman–Crippen LogP) is 2.71. The highest BCUT2D eigenvalue weighted by Gasteiger charge is 2.32. The second-order valence-corrected chi connectivity index (χ2v) is 5.81. The predicted molar refractivity (Wildman–Crippen MR) is 79.2 cm³/mol. The van der Waals surface area contributed by atoms with Crippen LogP contribution in [0.25, 0.3) is 0 Å². The molecule has 0 radical (unpaired) electrons. The molecule has 1 aliphatic rings. The largest absolute Gasteiger partial charge is 0.358 e. The summed E-state index contributed by atoms with van der Waals surface area (Å²) in [7, 11) is 1.56. The fraction of sp³-hybridized carbons (Fsp3) is 0.615. The van der Waals surface area contributed by atoms with Gasteiger partial charge in [-0.25, -0.2) is 4.57 Å². The van der Waals surface area contributed by atoms with Crippen molar-refractivity contribution in [1.29, 1.82) is 0 Å². The van der Waals surface area contributed by atoms with Crippen molar-refractivity contribution in [2.24, 2.45) is 7.05 Å². The van der Waals surface area contributed by atoms with Gasteiger partial charge in [-0.2, -0.15) is 0 Å². The molecule has 6 nitrogen and oxygen atoms in total. The number of carbonyl (C=O) groups is 1. The molecule has 0 saturated heterocycles. The summed E-state index contributed by atoms with van der Waals surface area (Å²) in [6.07, 6.45) is 4.09. The quantitative estimate of drug-likeness (QED) is 0.453. The molecule has 0 spiro atoms. The number of hydrogen-bond acceptors (Lipinski definition) is 3. The van der Waals surface area contributed by atoms with E-state index >= 15 is 0 Å². The number of halogens is 1. The van der Waals surface area contributed by atoms with Crippen molar-refractivity contribution in [1.82, 2.24) is 9.47 Å². The number of rotatable bonds is 6. The van der Waals surface area contributed by atoms with Gasteiger partial charge in [0.1, 0.15) is 0 Å². The maximum absolute atomic E-state index is 12.6. The first-order valence-electron chi connectivity index (χ1n) is 6.73. The average molecular weight is 344 g/mol. The fourth-order valence-electron chi connectivity index (χ4n) is 2.42. The molecule has 0 bridgehead atoms. The molecule has 1 aromatic heterocycles. The number of hydrogen-bond donors (Lipinski definition) is 0. The second kappa shape index (κ2) is 6.39. The van der Waals surface area contributed by atoms with Gasteiger partial charge >= 0.3 is 5.82 Å². The Kier molecular flexibility index (Phi) is 4.80. The van der Waals surface area contributed by atoms with Gasteiger partial charge in [-0.1, -0.05) is 15.9 Å². The summed E-state index contributed by atoms with van der Waals surface area (Å²) in [5.41, 5.74) is 0.387. The van der Waals surface area contributed by atoms with E-state index in [0.29, 0.717) is 12.2 Å². The van der Waals surface area contributed by atoms with Crippen LogP contribution < -0.4 is 0 Å². The Bertz CT molecular complexity index is 511. The average Bonchev–Trinajstić information content (AvgIpc) is 2.73. The van der Waals surface area contributed by atoms with Gasteiger partial charge in [-0.3, -0.25) is 4.79 Å². The van der Waals surface area contributed by atoms with Crippen molar-refractivity contribution in [3.8, 4) is 0 Å². The zero-order valence-electron chi connectivity index (χ0n) is 11.4. The highest BCUT2D eigenvalue weighted by Crippen LogP contribution is 2.27. The monoisotopic (exact) mass is 343 g/mol. The van der Waals surface area contributed by atoms with Gasteiger partial charge in [0.05, 0.1) is 7.05 Å². The van der Waals surface area contributed by atoms with E-state index in [1.165, 1.54) is 10.6 Å². The van der Waals surface area contributed by atoms with E-state index in [2.05, 4.69) is 15.9 Å². The van der Waals surface area contributed by atoms with Crippen LogP contribution in [0, 0.1) is 10.1 Å². The molecule has 0 aliphatic heterocycles. The molecule has 1 aliphatic carbocycles. The highest BCUT2D eigenvalue weighted by molar-refractivity contribution is 9.09. The summed E-state index contributed by atoms with van der Waals surface area (Å²) in [4.78, 5) is 24.9. The van der Waals surface area contributed by atoms with E-state index in [1.54, 1.807) is 13.1 Å². The number of carbonyl (C=O) groups excluding carboxylic acids is 1. The number of aromatic nitrogens is 1. The molecular formula is C13H18BrN3O3. The summed E-state index contributed by atoms with van der Waals surface area (Å²) in [5.74, 6) is -0.159. The number of alkyl halides is 1. The molecule has 1 fully saturated rings. The summed E-state index contributed by atoms with van der Waals surface area (Å²) in [6.45, 7) is 0.688. The number of nitrogens with zero attached hydrogens (tertiary/aromatic N) is 3. The SMILES string of the molecule is Cn1c(C(=O)N(CCCBr)C2CCC2)ccc1[N+](=O)[O-]. The number of amides is 1. The van der Waals surface area contributed by atoms with Crippen LogP contribution in [0.3, 0.4) is 0 Å². The Balaban J connectivity index is 2.20. The van der Waals surface area contributed by atoms with Gasteiger partial charge < -0.3 is 15.0 Å². The Hall–Kier alpha value is -1.37. The van der Waals surface area contributed by atoms with Crippen LogP contribution in [0.2, 0.25) is 0 Å². The molecule has 0 atom stereocenters. The van der Waals surface area contributed by atoms with Gasteiger partial charge in [0, 0.05) is 24.0 Å². The van der Waals surface area contributed by atoms with Crippen molar-refractivity contribution in [2.45, 2.75) is 31.7 Å². The van der Waals surface area contributed by atoms with Gasteiger partial charge in [0.15, 0.2) is 5.69 Å². The lowest BCUT2D eigenvalue weighted by atomic mass is 9.91. The van der Waals surface area contributed by atoms with E-state index in [0.717, 1.165) is 31.0 Å². The molecule has 2 rings (SSSR count). The summed E-state index contributed by atoms with van der Waals surface area (Å²) < 4.78 is 1.36. The minimum Gasteiger partial charge on any atom is -0.358 e. The van der Waals surface area contributed by atoms with Crippen molar-refractivity contribution >= 4 is 27.7 Å². The maximum Gasteiger partial charge on any atom is 0.323 e. The standard InChI is InChI=1S/C13H18BrN3O3/c1-15-11(6-7-12(15)17(19)20)13(18)16(9-3-8-14)10-4-2-5-10/h6-7,10H,2-5,8-9H2,1H3. The van der Waals surface area contributed by atoms with Crippen LogP contribution in [0.15, 0.2) is 12.1 Å².